The maximum atomic E-state index is 11.8. The van der Waals surface area contributed by atoms with E-state index < -0.39 is 0 Å². The van der Waals surface area contributed by atoms with Gasteiger partial charge in [-0.25, -0.2) is 4.79 Å². The average Bonchev–Trinajstić information content (AvgIpc) is 2.33. The van der Waals surface area contributed by atoms with E-state index in [1.54, 1.807) is 6.07 Å². The molecule has 4 nitrogen and oxygen atoms in total. The molecule has 0 saturated heterocycles. The van der Waals surface area contributed by atoms with Crippen LogP contribution in [0, 0.1) is 13.8 Å². The fraction of sp³-hybridized carbons (Fsp3) is 0.500. The number of carbonyl (C=O) groups is 1. The van der Waals surface area contributed by atoms with Gasteiger partial charge in [0, 0.05) is 12.3 Å². The van der Waals surface area contributed by atoms with Crippen molar-refractivity contribution in [1.82, 2.24) is 0 Å². The number of hydrogen-bond acceptors (Lipinski definition) is 4. The molecular weight excluding hydrogens is 230 g/mol. The molecule has 1 aromatic rings. The van der Waals surface area contributed by atoms with Crippen LogP contribution >= 0.6 is 0 Å². The number of hydrogen-bond donors (Lipinski definition) is 2. The Morgan fingerprint density at radius 2 is 1.94 bits per heavy atom. The first kappa shape index (κ1) is 14.5. The van der Waals surface area contributed by atoms with E-state index in [1.165, 1.54) is 0 Å². The minimum atomic E-state index is -0.330. The predicted molar refractivity (Wildman–Crippen MR) is 71.5 cm³/mol. The third-order valence-electron chi connectivity index (χ3n) is 2.87. The first-order chi connectivity index (χ1) is 8.56. The van der Waals surface area contributed by atoms with E-state index in [4.69, 9.17) is 15.6 Å². The molecule has 0 saturated carbocycles. The number of esters is 1. The van der Waals surface area contributed by atoms with Crippen LogP contribution in [0.5, 0.6) is 0 Å². The number of carbonyl (C=O) groups excluding carboxylic acids is 1. The Morgan fingerprint density at radius 3 is 2.61 bits per heavy atom. The van der Waals surface area contributed by atoms with Crippen LogP contribution in [0.25, 0.3) is 0 Å². The highest BCUT2D eigenvalue weighted by Crippen LogP contribution is 2.18. The van der Waals surface area contributed by atoms with Crippen molar-refractivity contribution in [3.8, 4) is 0 Å². The highest BCUT2D eigenvalue weighted by atomic mass is 16.5. The number of unbranched alkanes of at least 4 members (excludes halogenated alkanes) is 2. The number of aryl methyl sites for hydroxylation is 2. The van der Waals surface area contributed by atoms with E-state index in [0.717, 1.165) is 30.4 Å². The van der Waals surface area contributed by atoms with Crippen LogP contribution in [0.15, 0.2) is 12.1 Å². The summed E-state index contributed by atoms with van der Waals surface area (Å²) < 4.78 is 5.17. The number of ether oxygens (including phenoxy) is 1. The summed E-state index contributed by atoms with van der Waals surface area (Å²) in [6.07, 6.45) is 2.37. The largest absolute Gasteiger partial charge is 0.462 e. The summed E-state index contributed by atoms with van der Waals surface area (Å²) >= 11 is 0. The van der Waals surface area contributed by atoms with Gasteiger partial charge in [-0.15, -0.1) is 0 Å². The molecule has 0 unspecified atom stereocenters. The molecule has 0 radical (unpaired) electrons. The lowest BCUT2D eigenvalue weighted by molar-refractivity contribution is 0.0496. The smallest absolute Gasteiger partial charge is 0.338 e. The highest BCUT2D eigenvalue weighted by Gasteiger charge is 2.12. The Balaban J connectivity index is 2.54. The first-order valence-corrected chi connectivity index (χ1v) is 6.21. The maximum absolute atomic E-state index is 11.8. The SMILES string of the molecule is Cc1cc(C)c(C(=O)OCCCCCO)cc1N. The number of anilines is 1. The van der Waals surface area contributed by atoms with E-state index in [-0.39, 0.29) is 12.6 Å². The average molecular weight is 251 g/mol. The van der Waals surface area contributed by atoms with E-state index in [1.807, 2.05) is 19.9 Å². The third kappa shape index (κ3) is 4.04. The van der Waals surface area contributed by atoms with E-state index in [2.05, 4.69) is 0 Å². The molecule has 0 fully saturated rings. The van der Waals surface area contributed by atoms with Crippen molar-refractivity contribution in [3.05, 3.63) is 28.8 Å². The highest BCUT2D eigenvalue weighted by molar-refractivity contribution is 5.92. The Bertz CT molecular complexity index is 416. The molecule has 1 rings (SSSR count). The van der Waals surface area contributed by atoms with Crippen molar-refractivity contribution in [2.45, 2.75) is 33.1 Å². The van der Waals surface area contributed by atoms with Gasteiger partial charge in [0.2, 0.25) is 0 Å². The van der Waals surface area contributed by atoms with Gasteiger partial charge in [-0.2, -0.15) is 0 Å². The van der Waals surface area contributed by atoms with Crippen molar-refractivity contribution in [3.63, 3.8) is 0 Å². The van der Waals surface area contributed by atoms with Gasteiger partial charge in [0.25, 0.3) is 0 Å². The molecule has 0 aliphatic carbocycles. The van der Waals surface area contributed by atoms with Gasteiger partial charge in [-0.05, 0) is 50.3 Å². The molecule has 3 N–H and O–H groups in total. The molecule has 0 heterocycles. The molecule has 0 amide bonds. The lowest BCUT2D eigenvalue weighted by atomic mass is 10.0. The van der Waals surface area contributed by atoms with Gasteiger partial charge in [0.15, 0.2) is 0 Å². The number of rotatable bonds is 6. The summed E-state index contributed by atoms with van der Waals surface area (Å²) in [5, 5.41) is 8.62. The van der Waals surface area contributed by atoms with Gasteiger partial charge in [0.05, 0.1) is 12.2 Å². The standard InChI is InChI=1S/C14H21NO3/c1-10-8-11(2)13(15)9-12(10)14(17)18-7-5-3-4-6-16/h8-9,16H,3-7,15H2,1-2H3. The summed E-state index contributed by atoms with van der Waals surface area (Å²) in [6, 6.07) is 3.55. The normalized spacial score (nSPS) is 10.4. The summed E-state index contributed by atoms with van der Waals surface area (Å²) in [6.45, 7) is 4.34. The maximum Gasteiger partial charge on any atom is 0.338 e. The number of aliphatic hydroxyl groups is 1. The molecule has 0 aromatic heterocycles. The Kier molecular flexibility index (Phi) is 5.65. The zero-order valence-corrected chi connectivity index (χ0v) is 11.0. The monoisotopic (exact) mass is 251 g/mol. The quantitative estimate of drug-likeness (QED) is 0.462. The number of nitrogens with two attached hydrogens (primary N) is 1. The van der Waals surface area contributed by atoms with Crippen molar-refractivity contribution in [1.29, 1.82) is 0 Å². The predicted octanol–water partition coefficient (Wildman–Crippen LogP) is 2.21. The molecule has 0 aliphatic heterocycles. The Morgan fingerprint density at radius 1 is 1.22 bits per heavy atom. The van der Waals surface area contributed by atoms with Crippen molar-refractivity contribution >= 4 is 11.7 Å². The van der Waals surface area contributed by atoms with Crippen LogP contribution in [-0.4, -0.2) is 24.3 Å². The van der Waals surface area contributed by atoms with Crippen LogP contribution in [0.4, 0.5) is 5.69 Å². The number of aliphatic hydroxyl groups excluding tert-OH is 1. The molecule has 18 heavy (non-hydrogen) atoms. The fourth-order valence-electron chi connectivity index (χ4n) is 1.72. The van der Waals surface area contributed by atoms with Crippen LogP contribution in [0.1, 0.15) is 40.7 Å². The number of benzene rings is 1. The minimum absolute atomic E-state index is 0.182. The van der Waals surface area contributed by atoms with Gasteiger partial charge in [-0.3, -0.25) is 0 Å². The van der Waals surface area contributed by atoms with Crippen LogP contribution < -0.4 is 5.73 Å². The zero-order valence-electron chi connectivity index (χ0n) is 11.0. The molecule has 4 heteroatoms. The molecular formula is C14H21NO3. The van der Waals surface area contributed by atoms with E-state index in [0.29, 0.717) is 17.9 Å². The van der Waals surface area contributed by atoms with Gasteiger partial charge in [0.1, 0.15) is 0 Å². The van der Waals surface area contributed by atoms with Crippen LogP contribution in [0.3, 0.4) is 0 Å². The summed E-state index contributed by atoms with van der Waals surface area (Å²) in [5.74, 6) is -0.330. The molecule has 100 valence electrons. The summed E-state index contributed by atoms with van der Waals surface area (Å²) in [7, 11) is 0. The van der Waals surface area contributed by atoms with Crippen LogP contribution in [-0.2, 0) is 4.74 Å². The zero-order chi connectivity index (χ0) is 13.5. The Labute approximate surface area is 108 Å². The van der Waals surface area contributed by atoms with E-state index >= 15 is 0 Å². The molecule has 0 atom stereocenters. The molecule has 1 aromatic carbocycles. The summed E-state index contributed by atoms with van der Waals surface area (Å²) in [5.41, 5.74) is 8.76. The van der Waals surface area contributed by atoms with Gasteiger partial charge >= 0.3 is 5.97 Å². The van der Waals surface area contributed by atoms with Crippen LogP contribution in [0.2, 0.25) is 0 Å². The number of nitrogen functional groups attached to an aromatic ring is 1. The second-order valence-corrected chi connectivity index (χ2v) is 4.44. The van der Waals surface area contributed by atoms with Gasteiger partial charge < -0.3 is 15.6 Å². The van der Waals surface area contributed by atoms with Gasteiger partial charge in [-0.1, -0.05) is 6.07 Å². The van der Waals surface area contributed by atoms with Crippen molar-refractivity contribution in [2.24, 2.45) is 0 Å². The van der Waals surface area contributed by atoms with E-state index in [9.17, 15) is 4.79 Å². The second kappa shape index (κ2) is 7.01. The fourth-order valence-corrected chi connectivity index (χ4v) is 1.72. The Hall–Kier alpha value is -1.55. The molecule has 0 aliphatic rings. The summed E-state index contributed by atoms with van der Waals surface area (Å²) in [4.78, 5) is 11.8. The third-order valence-corrected chi connectivity index (χ3v) is 2.87. The topological polar surface area (TPSA) is 72.5 Å². The minimum Gasteiger partial charge on any atom is -0.462 e. The molecule has 0 bridgehead atoms. The van der Waals surface area contributed by atoms with Crippen molar-refractivity contribution in [2.75, 3.05) is 18.9 Å². The second-order valence-electron chi connectivity index (χ2n) is 4.44. The lowest BCUT2D eigenvalue weighted by Crippen LogP contribution is -2.09. The lowest BCUT2D eigenvalue weighted by Gasteiger charge is -2.09. The van der Waals surface area contributed by atoms with Crippen molar-refractivity contribution < 1.29 is 14.6 Å². The molecule has 0 spiro atoms. The first-order valence-electron chi connectivity index (χ1n) is 6.21.